The third-order valence-electron chi connectivity index (χ3n) is 3.41. The number of aliphatic hydroxyl groups excluding tert-OH is 1. The van der Waals surface area contributed by atoms with E-state index < -0.39 is 18.0 Å². The molecular formula is C12H15Cl3FNO. The highest BCUT2D eigenvalue weighted by molar-refractivity contribution is 6.42. The Hall–Kier alpha value is -0.0600. The van der Waals surface area contributed by atoms with Crippen molar-refractivity contribution in [2.75, 3.05) is 0 Å². The minimum absolute atomic E-state index is 0. The SMILES string of the molecule is Cl.N[C@@H](c1c(F)ccc(Cl)c1Cl)[C@H](O)C1CCC1. The summed E-state index contributed by atoms with van der Waals surface area (Å²) in [6, 6.07) is 1.77. The van der Waals surface area contributed by atoms with Gasteiger partial charge in [-0.1, -0.05) is 29.6 Å². The van der Waals surface area contributed by atoms with Crippen molar-refractivity contribution >= 4 is 35.6 Å². The topological polar surface area (TPSA) is 46.2 Å². The van der Waals surface area contributed by atoms with E-state index in [9.17, 15) is 9.50 Å². The second-order valence-corrected chi connectivity index (χ2v) is 5.25. The lowest BCUT2D eigenvalue weighted by atomic mass is 9.77. The van der Waals surface area contributed by atoms with Crippen LogP contribution in [0.1, 0.15) is 30.9 Å². The number of rotatable bonds is 3. The molecule has 1 fully saturated rings. The van der Waals surface area contributed by atoms with Crippen molar-refractivity contribution < 1.29 is 9.50 Å². The summed E-state index contributed by atoms with van der Waals surface area (Å²) in [6.07, 6.45) is 2.16. The molecule has 0 aromatic heterocycles. The average Bonchev–Trinajstić information content (AvgIpc) is 2.21. The molecule has 6 heteroatoms. The van der Waals surface area contributed by atoms with Gasteiger partial charge < -0.3 is 10.8 Å². The standard InChI is InChI=1S/C12H14Cl2FNO.ClH/c13-7-4-5-8(15)9(10(7)14)11(16)12(17)6-2-1-3-6;/h4-6,11-12,17H,1-3,16H2;1H/t11-,12+;/m0./s1. The summed E-state index contributed by atoms with van der Waals surface area (Å²) in [5, 5.41) is 10.4. The number of nitrogens with two attached hydrogens (primary N) is 1. The molecule has 2 atom stereocenters. The highest BCUT2D eigenvalue weighted by Gasteiger charge is 2.33. The summed E-state index contributed by atoms with van der Waals surface area (Å²) in [5.74, 6) is -0.385. The van der Waals surface area contributed by atoms with Gasteiger partial charge in [0.25, 0.3) is 0 Å². The number of hydrogen-bond donors (Lipinski definition) is 2. The van der Waals surface area contributed by atoms with Gasteiger partial charge in [0.2, 0.25) is 0 Å². The van der Waals surface area contributed by atoms with Crippen LogP contribution in [0.25, 0.3) is 0 Å². The van der Waals surface area contributed by atoms with Gasteiger partial charge in [0.15, 0.2) is 0 Å². The van der Waals surface area contributed by atoms with Gasteiger partial charge in [-0.15, -0.1) is 12.4 Å². The fourth-order valence-electron chi connectivity index (χ4n) is 2.09. The van der Waals surface area contributed by atoms with E-state index in [1.165, 1.54) is 12.1 Å². The summed E-state index contributed by atoms with van der Waals surface area (Å²) >= 11 is 11.8. The molecule has 0 bridgehead atoms. The van der Waals surface area contributed by atoms with Gasteiger partial charge in [0.1, 0.15) is 5.82 Å². The Kier molecular flexibility index (Phi) is 5.68. The molecule has 1 aromatic carbocycles. The average molecular weight is 315 g/mol. The first-order chi connectivity index (χ1) is 8.02. The Labute approximate surface area is 122 Å². The molecule has 0 saturated heterocycles. The van der Waals surface area contributed by atoms with Crippen molar-refractivity contribution in [3.63, 3.8) is 0 Å². The quantitative estimate of drug-likeness (QED) is 0.835. The molecule has 0 heterocycles. The lowest BCUT2D eigenvalue weighted by Gasteiger charge is -2.34. The second kappa shape index (κ2) is 6.40. The first-order valence-corrected chi connectivity index (χ1v) is 6.35. The monoisotopic (exact) mass is 313 g/mol. The smallest absolute Gasteiger partial charge is 0.129 e. The zero-order chi connectivity index (χ0) is 12.6. The summed E-state index contributed by atoms with van der Waals surface area (Å²) < 4.78 is 13.7. The molecule has 0 spiro atoms. The predicted octanol–water partition coefficient (Wildman–Crippen LogP) is 3.72. The van der Waals surface area contributed by atoms with E-state index in [0.717, 1.165) is 19.3 Å². The molecule has 1 aliphatic rings. The number of hydrogen-bond acceptors (Lipinski definition) is 2. The Morgan fingerprint density at radius 1 is 1.33 bits per heavy atom. The van der Waals surface area contributed by atoms with E-state index >= 15 is 0 Å². The maximum Gasteiger partial charge on any atom is 0.129 e. The molecule has 0 amide bonds. The molecular weight excluding hydrogens is 299 g/mol. The van der Waals surface area contributed by atoms with Gasteiger partial charge in [-0.2, -0.15) is 0 Å². The van der Waals surface area contributed by atoms with E-state index in [-0.39, 0.29) is 33.9 Å². The third kappa shape index (κ3) is 2.91. The maximum atomic E-state index is 13.7. The summed E-state index contributed by atoms with van der Waals surface area (Å²) in [7, 11) is 0. The van der Waals surface area contributed by atoms with Crippen molar-refractivity contribution in [2.24, 2.45) is 11.7 Å². The van der Waals surface area contributed by atoms with Gasteiger partial charge in [-0.25, -0.2) is 4.39 Å². The maximum absolute atomic E-state index is 13.7. The molecule has 1 aromatic rings. The fraction of sp³-hybridized carbons (Fsp3) is 0.500. The van der Waals surface area contributed by atoms with Gasteiger partial charge >= 0.3 is 0 Å². The minimum atomic E-state index is -0.827. The molecule has 0 radical (unpaired) electrons. The highest BCUT2D eigenvalue weighted by atomic mass is 35.5. The van der Waals surface area contributed by atoms with Gasteiger partial charge in [-0.05, 0) is 30.9 Å². The zero-order valence-corrected chi connectivity index (χ0v) is 11.9. The molecule has 2 rings (SSSR count). The van der Waals surface area contributed by atoms with E-state index in [2.05, 4.69) is 0 Å². The van der Waals surface area contributed by atoms with Crippen LogP contribution in [-0.4, -0.2) is 11.2 Å². The Bertz CT molecular complexity index is 426. The Morgan fingerprint density at radius 2 is 1.94 bits per heavy atom. The molecule has 3 N–H and O–H groups in total. The van der Waals surface area contributed by atoms with E-state index in [1.807, 2.05) is 0 Å². The normalized spacial score (nSPS) is 18.7. The van der Waals surface area contributed by atoms with Crippen LogP contribution in [0.4, 0.5) is 4.39 Å². The van der Waals surface area contributed by atoms with Crippen molar-refractivity contribution in [1.29, 1.82) is 0 Å². The number of aliphatic hydroxyl groups is 1. The Morgan fingerprint density at radius 3 is 2.44 bits per heavy atom. The first-order valence-electron chi connectivity index (χ1n) is 5.59. The van der Waals surface area contributed by atoms with Crippen LogP contribution in [0.5, 0.6) is 0 Å². The van der Waals surface area contributed by atoms with Crippen molar-refractivity contribution in [1.82, 2.24) is 0 Å². The molecule has 1 aliphatic carbocycles. The summed E-state index contributed by atoms with van der Waals surface area (Å²) in [4.78, 5) is 0. The molecule has 2 nitrogen and oxygen atoms in total. The van der Waals surface area contributed by atoms with Crippen molar-refractivity contribution in [3.05, 3.63) is 33.6 Å². The summed E-state index contributed by atoms with van der Waals surface area (Å²) in [5.41, 5.74) is 6.00. The van der Waals surface area contributed by atoms with Gasteiger partial charge in [-0.3, -0.25) is 0 Å². The number of benzene rings is 1. The molecule has 18 heavy (non-hydrogen) atoms. The minimum Gasteiger partial charge on any atom is -0.391 e. The van der Waals surface area contributed by atoms with Gasteiger partial charge in [0, 0.05) is 5.56 Å². The Balaban J connectivity index is 0.00000162. The van der Waals surface area contributed by atoms with Crippen LogP contribution in [0.15, 0.2) is 12.1 Å². The first kappa shape index (κ1) is 16.0. The van der Waals surface area contributed by atoms with Crippen LogP contribution in [0, 0.1) is 11.7 Å². The highest BCUT2D eigenvalue weighted by Crippen LogP contribution is 2.38. The lowest BCUT2D eigenvalue weighted by Crippen LogP contribution is -2.37. The molecule has 0 unspecified atom stereocenters. The van der Waals surface area contributed by atoms with E-state index in [1.54, 1.807) is 0 Å². The van der Waals surface area contributed by atoms with Crippen LogP contribution in [0.2, 0.25) is 10.0 Å². The predicted molar refractivity (Wildman–Crippen MR) is 73.9 cm³/mol. The van der Waals surface area contributed by atoms with Crippen molar-refractivity contribution in [3.8, 4) is 0 Å². The van der Waals surface area contributed by atoms with Gasteiger partial charge in [0.05, 0.1) is 22.2 Å². The largest absolute Gasteiger partial charge is 0.391 e. The van der Waals surface area contributed by atoms with Crippen LogP contribution < -0.4 is 5.73 Å². The number of halogens is 4. The molecule has 1 saturated carbocycles. The fourth-order valence-corrected chi connectivity index (χ4v) is 2.54. The summed E-state index contributed by atoms with van der Waals surface area (Å²) in [6.45, 7) is 0. The zero-order valence-electron chi connectivity index (χ0n) is 9.57. The van der Waals surface area contributed by atoms with Crippen LogP contribution in [0.3, 0.4) is 0 Å². The van der Waals surface area contributed by atoms with E-state index in [4.69, 9.17) is 28.9 Å². The lowest BCUT2D eigenvalue weighted by molar-refractivity contribution is 0.0405. The molecule has 102 valence electrons. The molecule has 0 aliphatic heterocycles. The van der Waals surface area contributed by atoms with Crippen molar-refractivity contribution in [2.45, 2.75) is 31.4 Å². The van der Waals surface area contributed by atoms with Crippen LogP contribution in [-0.2, 0) is 0 Å². The third-order valence-corrected chi connectivity index (χ3v) is 4.23. The van der Waals surface area contributed by atoms with E-state index in [0.29, 0.717) is 0 Å². The van der Waals surface area contributed by atoms with Crippen LogP contribution >= 0.6 is 35.6 Å². The second-order valence-electron chi connectivity index (χ2n) is 4.46.